The van der Waals surface area contributed by atoms with Gasteiger partial charge in [-0.1, -0.05) is 49.2 Å². The molecule has 0 radical (unpaired) electrons. The lowest BCUT2D eigenvalue weighted by atomic mass is 9.94. The van der Waals surface area contributed by atoms with E-state index in [1.165, 1.54) is 6.07 Å². The monoisotopic (exact) mass is 428 g/mol. The van der Waals surface area contributed by atoms with Crippen molar-refractivity contribution in [3.63, 3.8) is 0 Å². The topological polar surface area (TPSA) is 66.5 Å². The maximum Gasteiger partial charge on any atom is 0.252 e. The fourth-order valence-electron chi connectivity index (χ4n) is 3.96. The summed E-state index contributed by atoms with van der Waals surface area (Å²) in [6.45, 7) is 6.88. The molecule has 5 nitrogen and oxygen atoms in total. The Morgan fingerprint density at radius 3 is 2.27 bits per heavy atom. The zero-order chi connectivity index (χ0) is 21.8. The van der Waals surface area contributed by atoms with Gasteiger partial charge in [0.05, 0.1) is 4.90 Å². The van der Waals surface area contributed by atoms with Gasteiger partial charge in [-0.05, 0) is 63.3 Å². The lowest BCUT2D eigenvalue weighted by molar-refractivity contribution is 0.0912. The van der Waals surface area contributed by atoms with Crippen LogP contribution in [0.25, 0.3) is 0 Å². The first-order chi connectivity index (χ1) is 14.2. The molecule has 1 N–H and O–H groups in total. The van der Waals surface area contributed by atoms with E-state index in [9.17, 15) is 13.2 Å². The van der Waals surface area contributed by atoms with Crippen molar-refractivity contribution in [1.82, 2.24) is 9.62 Å². The van der Waals surface area contributed by atoms with E-state index in [-0.39, 0.29) is 10.8 Å². The fraction of sp³-hybridized carbons (Fsp3) is 0.458. The highest BCUT2D eigenvalue weighted by Gasteiger charge is 2.28. The SMILES string of the molecule is Cc1ccc(S(=O)(=O)N2CCCCCC2)cc1C(=O)NC(C)(C)Cc1ccccc1. The average molecular weight is 429 g/mol. The van der Waals surface area contributed by atoms with Crippen molar-refractivity contribution < 1.29 is 13.2 Å². The van der Waals surface area contributed by atoms with Crippen molar-refractivity contribution >= 4 is 15.9 Å². The van der Waals surface area contributed by atoms with Gasteiger partial charge in [0, 0.05) is 24.2 Å². The van der Waals surface area contributed by atoms with Crippen molar-refractivity contribution in [2.45, 2.75) is 63.3 Å². The van der Waals surface area contributed by atoms with Gasteiger partial charge >= 0.3 is 0 Å². The van der Waals surface area contributed by atoms with Gasteiger partial charge in [0.2, 0.25) is 10.0 Å². The van der Waals surface area contributed by atoms with E-state index in [0.717, 1.165) is 36.8 Å². The van der Waals surface area contributed by atoms with Gasteiger partial charge in [-0.25, -0.2) is 8.42 Å². The number of carbonyl (C=O) groups excluding carboxylic acids is 1. The molecular weight excluding hydrogens is 396 g/mol. The van der Waals surface area contributed by atoms with Crippen molar-refractivity contribution in [1.29, 1.82) is 0 Å². The number of amides is 1. The summed E-state index contributed by atoms with van der Waals surface area (Å²) >= 11 is 0. The van der Waals surface area contributed by atoms with Gasteiger partial charge in [0.1, 0.15) is 0 Å². The molecule has 0 aliphatic carbocycles. The van der Waals surface area contributed by atoms with Gasteiger partial charge in [0.15, 0.2) is 0 Å². The molecule has 30 heavy (non-hydrogen) atoms. The smallest absolute Gasteiger partial charge is 0.252 e. The minimum Gasteiger partial charge on any atom is -0.347 e. The number of sulfonamides is 1. The number of carbonyl (C=O) groups is 1. The summed E-state index contributed by atoms with van der Waals surface area (Å²) in [6, 6.07) is 14.9. The second-order valence-electron chi connectivity index (χ2n) is 8.80. The molecule has 0 bridgehead atoms. The number of hydrogen-bond donors (Lipinski definition) is 1. The Bertz CT molecular complexity index is 977. The molecule has 0 saturated carbocycles. The highest BCUT2D eigenvalue weighted by molar-refractivity contribution is 7.89. The number of nitrogens with one attached hydrogen (secondary N) is 1. The largest absolute Gasteiger partial charge is 0.347 e. The van der Waals surface area contributed by atoms with Gasteiger partial charge in [-0.3, -0.25) is 4.79 Å². The zero-order valence-electron chi connectivity index (χ0n) is 18.1. The van der Waals surface area contributed by atoms with Crippen LogP contribution in [-0.4, -0.2) is 37.3 Å². The van der Waals surface area contributed by atoms with Crippen molar-refractivity contribution in [2.24, 2.45) is 0 Å². The van der Waals surface area contributed by atoms with Crippen LogP contribution < -0.4 is 5.32 Å². The Balaban J connectivity index is 1.81. The van der Waals surface area contributed by atoms with E-state index in [0.29, 0.717) is 25.1 Å². The van der Waals surface area contributed by atoms with Crippen molar-refractivity contribution in [3.8, 4) is 0 Å². The highest BCUT2D eigenvalue weighted by atomic mass is 32.2. The van der Waals surface area contributed by atoms with Crippen LogP contribution in [0.15, 0.2) is 53.4 Å². The van der Waals surface area contributed by atoms with E-state index in [1.807, 2.05) is 51.1 Å². The molecule has 3 rings (SSSR count). The van der Waals surface area contributed by atoms with E-state index >= 15 is 0 Å². The lowest BCUT2D eigenvalue weighted by Crippen LogP contribution is -2.45. The Morgan fingerprint density at radius 2 is 1.63 bits per heavy atom. The quantitative estimate of drug-likeness (QED) is 0.745. The molecule has 1 fully saturated rings. The summed E-state index contributed by atoms with van der Waals surface area (Å²) in [5, 5.41) is 3.08. The number of rotatable bonds is 6. The van der Waals surface area contributed by atoms with Crippen LogP contribution in [-0.2, 0) is 16.4 Å². The van der Waals surface area contributed by atoms with Crippen LogP contribution in [0.5, 0.6) is 0 Å². The van der Waals surface area contributed by atoms with Crippen LogP contribution in [0.1, 0.15) is 61.0 Å². The molecule has 1 aliphatic heterocycles. The second kappa shape index (κ2) is 9.31. The molecular formula is C24H32N2O3S. The van der Waals surface area contributed by atoms with Crippen LogP contribution in [0.4, 0.5) is 0 Å². The van der Waals surface area contributed by atoms with Crippen LogP contribution in [0, 0.1) is 6.92 Å². The summed E-state index contributed by atoms with van der Waals surface area (Å²) in [5.74, 6) is -0.249. The summed E-state index contributed by atoms with van der Waals surface area (Å²) in [4.78, 5) is 13.3. The summed E-state index contributed by atoms with van der Waals surface area (Å²) in [7, 11) is -3.60. The minimum atomic E-state index is -3.60. The Kier molecular flexibility index (Phi) is 6.98. The van der Waals surface area contributed by atoms with Crippen LogP contribution in [0.2, 0.25) is 0 Å². The molecule has 0 unspecified atom stereocenters. The number of aryl methyl sites for hydroxylation is 1. The van der Waals surface area contributed by atoms with E-state index in [2.05, 4.69) is 5.32 Å². The molecule has 1 amide bonds. The molecule has 0 spiro atoms. The van der Waals surface area contributed by atoms with Crippen LogP contribution in [0.3, 0.4) is 0 Å². The Labute approximate surface area is 180 Å². The first-order valence-corrected chi connectivity index (χ1v) is 12.1. The molecule has 1 saturated heterocycles. The second-order valence-corrected chi connectivity index (χ2v) is 10.7. The molecule has 0 aromatic heterocycles. The van der Waals surface area contributed by atoms with Gasteiger partial charge < -0.3 is 5.32 Å². The highest BCUT2D eigenvalue weighted by Crippen LogP contribution is 2.23. The van der Waals surface area contributed by atoms with Gasteiger partial charge in [-0.2, -0.15) is 4.31 Å². The summed E-state index contributed by atoms with van der Waals surface area (Å²) in [5.41, 5.74) is 1.84. The van der Waals surface area contributed by atoms with E-state index < -0.39 is 15.6 Å². The number of nitrogens with zero attached hydrogens (tertiary/aromatic N) is 1. The maximum absolute atomic E-state index is 13.1. The van der Waals surface area contributed by atoms with Crippen molar-refractivity contribution in [3.05, 3.63) is 65.2 Å². The predicted octanol–water partition coefficient (Wildman–Crippen LogP) is 4.31. The van der Waals surface area contributed by atoms with Gasteiger partial charge in [-0.15, -0.1) is 0 Å². The first kappa shape index (κ1) is 22.5. The molecule has 1 heterocycles. The zero-order valence-corrected chi connectivity index (χ0v) is 19.0. The third-order valence-corrected chi connectivity index (χ3v) is 7.49. The third-order valence-electron chi connectivity index (χ3n) is 5.60. The lowest BCUT2D eigenvalue weighted by Gasteiger charge is -2.27. The summed E-state index contributed by atoms with van der Waals surface area (Å²) in [6.07, 6.45) is 4.57. The number of hydrogen-bond acceptors (Lipinski definition) is 3. The Morgan fingerprint density at radius 1 is 1.00 bits per heavy atom. The van der Waals surface area contributed by atoms with Crippen LogP contribution >= 0.6 is 0 Å². The number of benzene rings is 2. The molecule has 0 atom stereocenters. The normalized spacial score (nSPS) is 16.1. The maximum atomic E-state index is 13.1. The van der Waals surface area contributed by atoms with E-state index in [4.69, 9.17) is 0 Å². The third kappa shape index (κ3) is 5.49. The molecule has 2 aromatic rings. The molecule has 2 aromatic carbocycles. The molecule has 162 valence electrons. The fourth-order valence-corrected chi connectivity index (χ4v) is 5.51. The van der Waals surface area contributed by atoms with E-state index in [1.54, 1.807) is 16.4 Å². The summed E-state index contributed by atoms with van der Waals surface area (Å²) < 4.78 is 27.9. The minimum absolute atomic E-state index is 0.195. The average Bonchev–Trinajstić information content (AvgIpc) is 2.98. The standard InChI is InChI=1S/C24H32N2O3S/c1-19-13-14-21(30(28,29)26-15-9-4-5-10-16-26)17-22(19)23(27)25-24(2,3)18-20-11-7-6-8-12-20/h6-8,11-14,17H,4-5,9-10,15-16,18H2,1-3H3,(H,25,27). The molecule has 1 aliphatic rings. The Hall–Kier alpha value is -2.18. The molecule has 6 heteroatoms. The first-order valence-electron chi connectivity index (χ1n) is 10.7. The predicted molar refractivity (Wildman–Crippen MR) is 120 cm³/mol. The van der Waals surface area contributed by atoms with Gasteiger partial charge in [0.25, 0.3) is 5.91 Å². The van der Waals surface area contributed by atoms with Crippen molar-refractivity contribution in [2.75, 3.05) is 13.1 Å².